The molecule has 0 unspecified atom stereocenters. The van der Waals surface area contributed by atoms with Crippen LogP contribution in [0.5, 0.6) is 0 Å². The lowest BCUT2D eigenvalue weighted by atomic mass is 9.98. The zero-order valence-corrected chi connectivity index (χ0v) is 26.0. The van der Waals surface area contributed by atoms with Crippen LogP contribution in [-0.4, -0.2) is 38.9 Å². The summed E-state index contributed by atoms with van der Waals surface area (Å²) in [6.45, 7) is 10.5. The number of pyridine rings is 2. The second-order valence-corrected chi connectivity index (χ2v) is 16.8. The zero-order chi connectivity index (χ0) is 31.9. The number of aromatic nitrogens is 5. The Bertz CT molecular complexity index is 1780. The summed E-state index contributed by atoms with van der Waals surface area (Å²) in [5, 5.41) is 9.29. The number of nitrogen functional groups attached to an aromatic ring is 1. The molecule has 3 aromatic heterocycles. The van der Waals surface area contributed by atoms with Crippen molar-refractivity contribution in [3.05, 3.63) is 75.7 Å². The van der Waals surface area contributed by atoms with Crippen LogP contribution < -0.4 is 11.1 Å². The van der Waals surface area contributed by atoms with Gasteiger partial charge in [0.15, 0.2) is 11.0 Å². The highest BCUT2D eigenvalue weighted by molar-refractivity contribution is 6.87. The van der Waals surface area contributed by atoms with E-state index in [9.17, 15) is 18.0 Å². The standard InChI is InChI=1S/C28H25Cl2F4N7OSi/c1-27(2,3)43(4,5)9-6-15-13-36-24(30)23(35)22(15)18-11-20(29)17(12-21(18)31)26(42)40-16-10-19(28(32,33)34)25(37-14-16)41-38-7-8-39-41/h7-8,10-14H,35H2,1-5H3,(H,40,42). The molecule has 0 bridgehead atoms. The molecule has 1 aromatic carbocycles. The van der Waals surface area contributed by atoms with E-state index in [0.29, 0.717) is 16.4 Å². The van der Waals surface area contributed by atoms with E-state index in [0.717, 1.165) is 12.3 Å². The van der Waals surface area contributed by atoms with E-state index in [-0.39, 0.29) is 43.3 Å². The summed E-state index contributed by atoms with van der Waals surface area (Å²) < 4.78 is 56.9. The summed E-state index contributed by atoms with van der Waals surface area (Å²) in [6, 6.07) is 2.69. The highest BCUT2D eigenvalue weighted by Gasteiger charge is 2.36. The molecule has 0 saturated heterocycles. The summed E-state index contributed by atoms with van der Waals surface area (Å²) in [5.74, 6) is 0.622. The maximum atomic E-state index is 15.6. The predicted octanol–water partition coefficient (Wildman–Crippen LogP) is 7.42. The van der Waals surface area contributed by atoms with Crippen molar-refractivity contribution in [2.75, 3.05) is 11.1 Å². The largest absolute Gasteiger partial charge is 0.420 e. The first-order valence-electron chi connectivity index (χ1n) is 12.6. The molecular weight excluding hydrogens is 625 g/mol. The van der Waals surface area contributed by atoms with Gasteiger partial charge in [0.25, 0.3) is 5.91 Å². The van der Waals surface area contributed by atoms with Crippen molar-refractivity contribution in [2.45, 2.75) is 45.1 Å². The summed E-state index contributed by atoms with van der Waals surface area (Å²) in [4.78, 5) is 21.5. The Morgan fingerprint density at radius 2 is 1.70 bits per heavy atom. The lowest BCUT2D eigenvalue weighted by molar-refractivity contribution is -0.137. The van der Waals surface area contributed by atoms with Gasteiger partial charge in [-0.3, -0.25) is 4.79 Å². The fourth-order valence-electron chi connectivity index (χ4n) is 3.63. The topological polar surface area (TPSA) is 112 Å². The van der Waals surface area contributed by atoms with Gasteiger partial charge >= 0.3 is 6.18 Å². The van der Waals surface area contributed by atoms with Gasteiger partial charge in [0.05, 0.1) is 46.1 Å². The number of hydrogen-bond acceptors (Lipinski definition) is 6. The van der Waals surface area contributed by atoms with Crippen molar-refractivity contribution in [3.8, 4) is 28.4 Å². The molecule has 0 aliphatic heterocycles. The molecule has 1 amide bonds. The lowest BCUT2D eigenvalue weighted by Gasteiger charge is -2.31. The van der Waals surface area contributed by atoms with Gasteiger partial charge in [0, 0.05) is 17.3 Å². The van der Waals surface area contributed by atoms with Gasteiger partial charge in [-0.15, -0.1) is 10.3 Å². The fraction of sp³-hybridized carbons (Fsp3) is 0.250. The smallest absolute Gasteiger partial charge is 0.396 e. The maximum absolute atomic E-state index is 15.6. The molecule has 15 heteroatoms. The van der Waals surface area contributed by atoms with Gasteiger partial charge in [-0.1, -0.05) is 63.0 Å². The number of rotatable bonds is 4. The van der Waals surface area contributed by atoms with E-state index in [4.69, 9.17) is 28.9 Å². The highest BCUT2D eigenvalue weighted by atomic mass is 35.5. The number of benzene rings is 1. The third-order valence-corrected chi connectivity index (χ3v) is 12.2. The number of alkyl halides is 3. The van der Waals surface area contributed by atoms with Crippen LogP contribution in [0.15, 0.2) is 43.0 Å². The van der Waals surface area contributed by atoms with Crippen LogP contribution in [-0.2, 0) is 6.18 Å². The number of carbonyl (C=O) groups excluding carboxylic acids is 1. The van der Waals surface area contributed by atoms with Crippen molar-refractivity contribution in [1.29, 1.82) is 0 Å². The van der Waals surface area contributed by atoms with Gasteiger partial charge in [0.2, 0.25) is 0 Å². The van der Waals surface area contributed by atoms with Crippen LogP contribution in [0.1, 0.15) is 42.3 Å². The number of nitrogens with two attached hydrogens (primary N) is 1. The second-order valence-electron chi connectivity index (χ2n) is 11.1. The monoisotopic (exact) mass is 649 g/mol. The van der Waals surface area contributed by atoms with Gasteiger partial charge in [-0.05, 0) is 23.2 Å². The Balaban J connectivity index is 1.73. The minimum atomic E-state index is -4.85. The van der Waals surface area contributed by atoms with Crippen molar-refractivity contribution in [2.24, 2.45) is 0 Å². The van der Waals surface area contributed by atoms with Gasteiger partial charge in [0.1, 0.15) is 19.5 Å². The second kappa shape index (κ2) is 11.6. The number of hydrogen-bond donors (Lipinski definition) is 2. The molecule has 0 spiro atoms. The first-order valence-corrected chi connectivity index (χ1v) is 16.4. The number of amides is 1. The molecule has 0 saturated carbocycles. The molecule has 0 radical (unpaired) electrons. The highest BCUT2D eigenvalue weighted by Crippen LogP contribution is 2.39. The van der Waals surface area contributed by atoms with Gasteiger partial charge in [-0.25, -0.2) is 14.4 Å². The van der Waals surface area contributed by atoms with Crippen LogP contribution in [0.3, 0.4) is 0 Å². The maximum Gasteiger partial charge on any atom is 0.420 e. The van der Waals surface area contributed by atoms with E-state index in [1.54, 1.807) is 0 Å². The molecule has 8 nitrogen and oxygen atoms in total. The number of nitrogens with zero attached hydrogens (tertiary/aromatic N) is 5. The van der Waals surface area contributed by atoms with Crippen LogP contribution in [0.25, 0.3) is 16.9 Å². The third kappa shape index (κ3) is 6.66. The summed E-state index contributed by atoms with van der Waals surface area (Å²) in [7, 11) is -2.08. The van der Waals surface area contributed by atoms with Crippen molar-refractivity contribution in [1.82, 2.24) is 25.0 Å². The molecule has 0 aliphatic rings. The van der Waals surface area contributed by atoms with E-state index in [2.05, 4.69) is 70.8 Å². The van der Waals surface area contributed by atoms with E-state index < -0.39 is 37.4 Å². The third-order valence-electron chi connectivity index (χ3n) is 7.06. The molecule has 224 valence electrons. The molecular formula is C28H25Cl2F4N7OSi. The molecule has 4 rings (SSSR count). The minimum absolute atomic E-state index is 0.0339. The number of halogens is 6. The summed E-state index contributed by atoms with van der Waals surface area (Å²) in [6.07, 6.45) is -0.101. The average Bonchev–Trinajstić information content (AvgIpc) is 3.44. The van der Waals surface area contributed by atoms with E-state index in [1.165, 1.54) is 24.7 Å². The zero-order valence-electron chi connectivity index (χ0n) is 23.5. The Labute approximate surface area is 255 Å². The van der Waals surface area contributed by atoms with Gasteiger partial charge in [-0.2, -0.15) is 23.4 Å². The Hall–Kier alpha value is -3.99. The summed E-state index contributed by atoms with van der Waals surface area (Å²) in [5.41, 5.74) is 8.02. The molecule has 3 heterocycles. The molecule has 4 aromatic rings. The molecule has 0 aliphatic carbocycles. The predicted molar refractivity (Wildman–Crippen MR) is 160 cm³/mol. The fourth-order valence-corrected chi connectivity index (χ4v) is 4.84. The average molecular weight is 651 g/mol. The van der Waals surface area contributed by atoms with Crippen molar-refractivity contribution >= 4 is 48.6 Å². The van der Waals surface area contributed by atoms with Crippen molar-refractivity contribution in [3.63, 3.8) is 0 Å². The Morgan fingerprint density at radius 3 is 2.30 bits per heavy atom. The normalized spacial score (nSPS) is 12.1. The SMILES string of the molecule is CC(C)(C)[Si](C)(C)C#Cc1cnc(Cl)c(N)c1-c1cc(Cl)c(C(=O)Nc2cnc(-n3nccn3)c(C(F)(F)F)c2)cc1F. The first kappa shape index (κ1) is 31.9. The minimum Gasteiger partial charge on any atom is -0.396 e. The molecule has 0 fully saturated rings. The van der Waals surface area contributed by atoms with Crippen LogP contribution in [0.2, 0.25) is 28.3 Å². The van der Waals surface area contributed by atoms with E-state index >= 15 is 4.39 Å². The summed E-state index contributed by atoms with van der Waals surface area (Å²) >= 11 is 12.6. The van der Waals surface area contributed by atoms with Crippen LogP contribution >= 0.6 is 23.2 Å². The van der Waals surface area contributed by atoms with Gasteiger partial charge < -0.3 is 11.1 Å². The first-order chi connectivity index (χ1) is 19.9. The van der Waals surface area contributed by atoms with Crippen molar-refractivity contribution < 1.29 is 22.4 Å². The van der Waals surface area contributed by atoms with E-state index in [1.807, 2.05) is 0 Å². The molecule has 43 heavy (non-hydrogen) atoms. The van der Waals surface area contributed by atoms with Crippen LogP contribution in [0, 0.1) is 17.3 Å². The quantitative estimate of drug-likeness (QED) is 0.103. The van der Waals surface area contributed by atoms with Crippen LogP contribution in [0.4, 0.5) is 28.9 Å². The lowest BCUT2D eigenvalue weighted by Crippen LogP contribution is -2.35. The number of carbonyl (C=O) groups is 1. The Morgan fingerprint density at radius 1 is 1.05 bits per heavy atom. The number of anilines is 2. The molecule has 3 N–H and O–H groups in total. The molecule has 0 atom stereocenters. The Kier molecular flexibility index (Phi) is 8.61. The number of nitrogens with one attached hydrogen (secondary N) is 1.